The Balaban J connectivity index is 0.000000798. The second-order valence-corrected chi connectivity index (χ2v) is 8.08. The molecule has 0 aromatic heterocycles. The lowest BCUT2D eigenvalue weighted by Crippen LogP contribution is -2.35. The van der Waals surface area contributed by atoms with E-state index in [4.69, 9.17) is 27.8 Å². The van der Waals surface area contributed by atoms with Gasteiger partial charge in [0.1, 0.15) is 34.5 Å². The molecule has 6 N–H and O–H groups in total. The Bertz CT molecular complexity index is 1280. The number of hydrogen-bond acceptors (Lipinski definition) is 5. The van der Waals surface area contributed by atoms with Gasteiger partial charge >= 0.3 is 12.2 Å². The first-order valence-electron chi connectivity index (χ1n) is 11.2. The fourth-order valence-electron chi connectivity index (χ4n) is 2.87. The Morgan fingerprint density at radius 2 is 1.49 bits per heavy atom. The van der Waals surface area contributed by atoms with E-state index in [1.54, 1.807) is 5.32 Å². The lowest BCUT2D eigenvalue weighted by Gasteiger charge is -2.12. The normalized spacial score (nSPS) is 10.8. The summed E-state index contributed by atoms with van der Waals surface area (Å²) in [5.74, 6) is -5.18. The zero-order chi connectivity index (χ0) is 29.2. The highest BCUT2D eigenvalue weighted by molar-refractivity contribution is 6.32. The largest absolute Gasteiger partial charge is 0.456 e. The zero-order valence-corrected chi connectivity index (χ0v) is 20.8. The number of amides is 3. The van der Waals surface area contributed by atoms with Gasteiger partial charge in [-0.15, -0.1) is 0 Å². The van der Waals surface area contributed by atoms with E-state index in [0.717, 1.165) is 74.5 Å². The van der Waals surface area contributed by atoms with Crippen LogP contribution in [0.25, 0.3) is 0 Å². The fraction of sp³-hybridized carbons (Fsp3) is 0.200. The average Bonchev–Trinajstić information content (AvgIpc) is 2.85. The molecule has 3 aromatic rings. The fourth-order valence-corrected chi connectivity index (χ4v) is 3.09. The van der Waals surface area contributed by atoms with Crippen LogP contribution < -0.4 is 26.8 Å². The number of carbonyl (C=O) groups excluding carboxylic acids is 2. The Kier molecular flexibility index (Phi) is 11.6. The summed E-state index contributed by atoms with van der Waals surface area (Å²) in [6.45, 7) is 1.55. The first kappa shape index (κ1) is 31.4. The number of carbonyl (C=O) groups is 2. The van der Waals surface area contributed by atoms with Crippen molar-refractivity contribution in [2.24, 2.45) is 11.5 Å². The molecule has 0 radical (unpaired) electrons. The van der Waals surface area contributed by atoms with E-state index in [0.29, 0.717) is 6.07 Å². The molecule has 0 saturated heterocycles. The van der Waals surface area contributed by atoms with Crippen molar-refractivity contribution >= 4 is 29.2 Å². The van der Waals surface area contributed by atoms with Crippen molar-refractivity contribution in [2.45, 2.75) is 19.0 Å². The molecule has 7 nitrogen and oxygen atoms in total. The molecule has 3 amide bonds. The number of rotatable bonds is 7. The molecule has 0 atom stereocenters. The number of nitrogens with one attached hydrogen (secondary N) is 2. The van der Waals surface area contributed by atoms with Crippen LogP contribution in [-0.4, -0.2) is 25.0 Å². The number of halogens is 7. The van der Waals surface area contributed by atoms with Gasteiger partial charge in [-0.05, 0) is 68.4 Å². The third-order valence-electron chi connectivity index (χ3n) is 4.75. The molecule has 3 aromatic carbocycles. The quantitative estimate of drug-likeness (QED) is 0.197. The number of urea groups is 1. The van der Waals surface area contributed by atoms with Crippen molar-refractivity contribution in [3.63, 3.8) is 0 Å². The van der Waals surface area contributed by atoms with Gasteiger partial charge in [-0.1, -0.05) is 17.7 Å². The van der Waals surface area contributed by atoms with E-state index < -0.39 is 52.4 Å². The van der Waals surface area contributed by atoms with Crippen LogP contribution in [0.2, 0.25) is 5.02 Å². The Labute approximate surface area is 224 Å². The predicted octanol–water partition coefficient (Wildman–Crippen LogP) is 6.21. The molecule has 0 spiro atoms. The van der Waals surface area contributed by atoms with E-state index in [1.165, 1.54) is 0 Å². The molecule has 0 heterocycles. The van der Waals surface area contributed by atoms with E-state index in [2.05, 4.69) is 0 Å². The predicted molar refractivity (Wildman–Crippen MR) is 133 cm³/mol. The van der Waals surface area contributed by atoms with Gasteiger partial charge < -0.3 is 21.5 Å². The van der Waals surface area contributed by atoms with E-state index in [-0.39, 0.29) is 16.5 Å². The van der Waals surface area contributed by atoms with Crippen molar-refractivity contribution in [3.05, 3.63) is 88.2 Å². The van der Waals surface area contributed by atoms with Crippen LogP contribution >= 0.6 is 11.6 Å². The SMILES string of the molecule is NCCCCN.O=C(NC(=O)c1c(F)cccc1F)Nc1ccc(Oc2ccc(C(F)(F)F)cc2Cl)cc1F. The third-order valence-corrected chi connectivity index (χ3v) is 5.05. The summed E-state index contributed by atoms with van der Waals surface area (Å²) >= 11 is 5.78. The minimum atomic E-state index is -4.61. The molecule has 0 bridgehead atoms. The number of ether oxygens (including phenoxy) is 1. The molecular formula is C25H23ClF6N4O3. The van der Waals surface area contributed by atoms with Gasteiger partial charge in [-0.2, -0.15) is 13.2 Å². The van der Waals surface area contributed by atoms with Crippen molar-refractivity contribution in [1.29, 1.82) is 0 Å². The van der Waals surface area contributed by atoms with Gasteiger partial charge in [0, 0.05) is 6.07 Å². The summed E-state index contributed by atoms with van der Waals surface area (Å²) in [4.78, 5) is 23.8. The van der Waals surface area contributed by atoms with Gasteiger partial charge in [-0.25, -0.2) is 18.0 Å². The van der Waals surface area contributed by atoms with Crippen molar-refractivity contribution in [1.82, 2.24) is 5.32 Å². The maximum atomic E-state index is 14.3. The van der Waals surface area contributed by atoms with Gasteiger partial charge in [0.15, 0.2) is 0 Å². The molecular weight excluding hydrogens is 554 g/mol. The van der Waals surface area contributed by atoms with Crippen molar-refractivity contribution in [3.8, 4) is 11.5 Å². The summed E-state index contributed by atoms with van der Waals surface area (Å²) in [5, 5.41) is 3.27. The number of anilines is 1. The lowest BCUT2D eigenvalue weighted by molar-refractivity contribution is -0.137. The van der Waals surface area contributed by atoms with Crippen LogP contribution in [0.15, 0.2) is 54.6 Å². The second-order valence-electron chi connectivity index (χ2n) is 7.68. The third kappa shape index (κ3) is 9.46. The molecule has 0 fully saturated rings. The average molecular weight is 577 g/mol. The molecule has 0 unspecified atom stereocenters. The Hall–Kier alpha value is -3.81. The van der Waals surface area contributed by atoms with E-state index in [9.17, 15) is 35.9 Å². The Morgan fingerprint density at radius 3 is 2.00 bits per heavy atom. The number of alkyl halides is 3. The minimum Gasteiger partial charge on any atom is -0.456 e. The molecule has 14 heteroatoms. The van der Waals surface area contributed by atoms with Crippen LogP contribution in [0, 0.1) is 17.5 Å². The van der Waals surface area contributed by atoms with Gasteiger partial charge in [-0.3, -0.25) is 10.1 Å². The molecule has 0 saturated carbocycles. The number of imide groups is 1. The maximum Gasteiger partial charge on any atom is 0.416 e. The highest BCUT2D eigenvalue weighted by Crippen LogP contribution is 2.36. The first-order valence-corrected chi connectivity index (χ1v) is 11.6. The topological polar surface area (TPSA) is 119 Å². The summed E-state index contributed by atoms with van der Waals surface area (Å²) < 4.78 is 84.9. The van der Waals surface area contributed by atoms with Crippen molar-refractivity contribution in [2.75, 3.05) is 18.4 Å². The number of hydrogen-bond donors (Lipinski definition) is 4. The van der Waals surface area contributed by atoms with Crippen LogP contribution in [-0.2, 0) is 6.18 Å². The molecule has 0 aliphatic rings. The lowest BCUT2D eigenvalue weighted by atomic mass is 10.2. The highest BCUT2D eigenvalue weighted by atomic mass is 35.5. The summed E-state index contributed by atoms with van der Waals surface area (Å²) in [5.41, 5.74) is 7.89. The zero-order valence-electron chi connectivity index (χ0n) is 20.0. The summed E-state index contributed by atoms with van der Waals surface area (Å²) in [7, 11) is 0. The van der Waals surface area contributed by atoms with Crippen molar-refractivity contribution < 1.29 is 40.7 Å². The van der Waals surface area contributed by atoms with E-state index >= 15 is 0 Å². The number of nitrogens with two attached hydrogens (primary N) is 2. The monoisotopic (exact) mass is 576 g/mol. The number of unbranched alkanes of at least 4 members (excludes halogenated alkanes) is 1. The first-order chi connectivity index (χ1) is 18.4. The van der Waals surface area contributed by atoms with Crippen LogP contribution in [0.5, 0.6) is 11.5 Å². The van der Waals surface area contributed by atoms with Gasteiger partial charge in [0.2, 0.25) is 0 Å². The standard InChI is InChI=1S/C21H11ClF6N2O3.C4H12N2/c22-12-8-10(21(26,27)28)4-7-17(12)33-11-5-6-16(15(25)9-11)29-20(32)30-19(31)18-13(23)2-1-3-14(18)24;5-3-1-2-4-6/h1-9H,(H2,29,30,31,32);1-6H2. The molecule has 0 aliphatic carbocycles. The van der Waals surface area contributed by atoms with Crippen LogP contribution in [0.3, 0.4) is 0 Å². The molecule has 39 heavy (non-hydrogen) atoms. The second kappa shape index (κ2) is 14.4. The number of benzene rings is 3. The summed E-state index contributed by atoms with van der Waals surface area (Å²) in [6, 6.07) is 6.68. The van der Waals surface area contributed by atoms with Gasteiger partial charge in [0.05, 0.1) is 16.3 Å². The maximum absolute atomic E-state index is 14.3. The molecule has 3 rings (SSSR count). The van der Waals surface area contributed by atoms with E-state index in [1.807, 2.05) is 5.32 Å². The smallest absolute Gasteiger partial charge is 0.416 e. The van der Waals surface area contributed by atoms with Gasteiger partial charge in [0.25, 0.3) is 5.91 Å². The Morgan fingerprint density at radius 1 is 0.872 bits per heavy atom. The highest BCUT2D eigenvalue weighted by Gasteiger charge is 2.31. The van der Waals surface area contributed by atoms with Crippen LogP contribution in [0.1, 0.15) is 28.8 Å². The molecule has 0 aliphatic heterocycles. The summed E-state index contributed by atoms with van der Waals surface area (Å²) in [6.07, 6.45) is -2.48. The minimum absolute atomic E-state index is 0.162. The molecule has 210 valence electrons. The van der Waals surface area contributed by atoms with Crippen LogP contribution in [0.4, 0.5) is 36.8 Å².